The van der Waals surface area contributed by atoms with Crippen molar-refractivity contribution in [2.24, 2.45) is 7.05 Å². The van der Waals surface area contributed by atoms with Crippen molar-refractivity contribution in [3.63, 3.8) is 0 Å². The van der Waals surface area contributed by atoms with E-state index < -0.39 is 0 Å². The number of hydrogen-bond donors (Lipinski definition) is 1. The van der Waals surface area contributed by atoms with Crippen molar-refractivity contribution in [3.8, 4) is 0 Å². The zero-order valence-corrected chi connectivity index (χ0v) is 13.5. The van der Waals surface area contributed by atoms with Crippen LogP contribution in [0.3, 0.4) is 0 Å². The van der Waals surface area contributed by atoms with Gasteiger partial charge in [-0.25, -0.2) is 4.79 Å². The number of carbonyl (C=O) groups is 1. The number of rotatable bonds is 3. The molecule has 0 radical (unpaired) electrons. The number of aromatic nitrogens is 1. The van der Waals surface area contributed by atoms with Crippen molar-refractivity contribution in [1.82, 2.24) is 9.47 Å². The van der Waals surface area contributed by atoms with E-state index in [-0.39, 0.29) is 23.3 Å². The molecule has 2 rings (SSSR count). The summed E-state index contributed by atoms with van der Waals surface area (Å²) in [5.41, 5.74) is 0.922. The summed E-state index contributed by atoms with van der Waals surface area (Å²) in [7, 11) is 3.31. The van der Waals surface area contributed by atoms with Crippen LogP contribution in [0.4, 0.5) is 10.5 Å². The lowest BCUT2D eigenvalue weighted by molar-refractivity contribution is 0.208. The summed E-state index contributed by atoms with van der Waals surface area (Å²) in [6, 6.07) is 10.1. The molecule has 1 N–H and O–H groups in total. The molecule has 0 spiro atoms. The maximum atomic E-state index is 12.3. The molecule has 5 nitrogen and oxygen atoms in total. The third-order valence-corrected chi connectivity index (χ3v) is 3.83. The van der Waals surface area contributed by atoms with Gasteiger partial charge in [-0.15, -0.1) is 0 Å². The number of halogens is 1. The number of carbonyl (C=O) groups excluding carboxylic acids is 1. The summed E-state index contributed by atoms with van der Waals surface area (Å²) in [5.74, 6) is 0. The SMILES string of the molecule is CC(c1cccc(Cl)c1)N(C)C(=O)Nc1cccn(C)c1=O. The van der Waals surface area contributed by atoms with Gasteiger partial charge >= 0.3 is 6.03 Å². The molecule has 1 atom stereocenters. The molecule has 22 heavy (non-hydrogen) atoms. The van der Waals surface area contributed by atoms with Crippen LogP contribution in [-0.4, -0.2) is 22.5 Å². The van der Waals surface area contributed by atoms with Crippen LogP contribution in [0.15, 0.2) is 47.4 Å². The quantitative estimate of drug-likeness (QED) is 0.944. The molecule has 0 aliphatic heterocycles. The predicted molar refractivity (Wildman–Crippen MR) is 88.3 cm³/mol. The number of amides is 2. The summed E-state index contributed by atoms with van der Waals surface area (Å²) in [6.07, 6.45) is 1.64. The van der Waals surface area contributed by atoms with Crippen LogP contribution >= 0.6 is 11.6 Å². The van der Waals surface area contributed by atoms with Crippen LogP contribution in [0.1, 0.15) is 18.5 Å². The Morgan fingerprint density at radius 3 is 2.73 bits per heavy atom. The molecule has 1 heterocycles. The zero-order chi connectivity index (χ0) is 16.3. The highest BCUT2D eigenvalue weighted by molar-refractivity contribution is 6.30. The number of benzene rings is 1. The second kappa shape index (κ2) is 6.66. The molecular weight excluding hydrogens is 302 g/mol. The van der Waals surface area contributed by atoms with Gasteiger partial charge in [-0.05, 0) is 36.8 Å². The average molecular weight is 320 g/mol. The van der Waals surface area contributed by atoms with Crippen LogP contribution in [-0.2, 0) is 7.05 Å². The first kappa shape index (κ1) is 16.1. The number of aryl methyl sites for hydroxylation is 1. The molecule has 1 aromatic heterocycles. The molecular formula is C16H18ClN3O2. The van der Waals surface area contributed by atoms with E-state index in [0.29, 0.717) is 5.02 Å². The van der Waals surface area contributed by atoms with Gasteiger partial charge in [-0.3, -0.25) is 4.79 Å². The molecule has 116 valence electrons. The van der Waals surface area contributed by atoms with Crippen LogP contribution in [0.25, 0.3) is 0 Å². The van der Waals surface area contributed by atoms with Gasteiger partial charge < -0.3 is 14.8 Å². The van der Waals surface area contributed by atoms with Gasteiger partial charge in [0.25, 0.3) is 5.56 Å². The van der Waals surface area contributed by atoms with Gasteiger partial charge in [0.1, 0.15) is 5.69 Å². The Kier molecular flexibility index (Phi) is 4.88. The molecule has 2 aromatic rings. The fraction of sp³-hybridized carbons (Fsp3) is 0.250. The van der Waals surface area contributed by atoms with Gasteiger partial charge in [-0.2, -0.15) is 0 Å². The molecule has 1 aromatic carbocycles. The highest BCUT2D eigenvalue weighted by Crippen LogP contribution is 2.22. The largest absolute Gasteiger partial charge is 0.322 e. The summed E-state index contributed by atoms with van der Waals surface area (Å²) >= 11 is 5.98. The fourth-order valence-electron chi connectivity index (χ4n) is 2.06. The third kappa shape index (κ3) is 3.49. The van der Waals surface area contributed by atoms with Gasteiger partial charge in [-0.1, -0.05) is 23.7 Å². The van der Waals surface area contributed by atoms with E-state index in [4.69, 9.17) is 11.6 Å². The first-order chi connectivity index (χ1) is 10.4. The fourth-order valence-corrected chi connectivity index (χ4v) is 2.26. The maximum Gasteiger partial charge on any atom is 0.322 e. The van der Waals surface area contributed by atoms with Crippen molar-refractivity contribution in [3.05, 3.63) is 63.5 Å². The Balaban J connectivity index is 2.15. The Labute approximate surface area is 134 Å². The lowest BCUT2D eigenvalue weighted by Gasteiger charge is -2.25. The van der Waals surface area contributed by atoms with E-state index in [9.17, 15) is 9.59 Å². The number of urea groups is 1. The van der Waals surface area contributed by atoms with Crippen molar-refractivity contribution in [2.45, 2.75) is 13.0 Å². The normalized spacial score (nSPS) is 11.8. The van der Waals surface area contributed by atoms with Crippen molar-refractivity contribution < 1.29 is 4.79 Å². The molecule has 1 unspecified atom stereocenters. The first-order valence-corrected chi connectivity index (χ1v) is 7.23. The lowest BCUT2D eigenvalue weighted by Crippen LogP contribution is -2.35. The minimum Gasteiger partial charge on any atom is -0.321 e. The number of nitrogens with one attached hydrogen (secondary N) is 1. The minimum absolute atomic E-state index is 0.175. The summed E-state index contributed by atoms with van der Waals surface area (Å²) in [4.78, 5) is 25.8. The summed E-state index contributed by atoms with van der Waals surface area (Å²) < 4.78 is 1.41. The minimum atomic E-state index is -0.351. The predicted octanol–water partition coefficient (Wildman–Crippen LogP) is 3.26. The maximum absolute atomic E-state index is 12.3. The Hall–Kier alpha value is -2.27. The van der Waals surface area contributed by atoms with E-state index in [1.54, 1.807) is 38.5 Å². The van der Waals surface area contributed by atoms with E-state index in [2.05, 4.69) is 5.32 Å². The smallest absolute Gasteiger partial charge is 0.321 e. The first-order valence-electron chi connectivity index (χ1n) is 6.85. The van der Waals surface area contributed by atoms with Crippen LogP contribution in [0, 0.1) is 0 Å². The third-order valence-electron chi connectivity index (χ3n) is 3.60. The van der Waals surface area contributed by atoms with E-state index in [1.165, 1.54) is 9.47 Å². The standard InChI is InChI=1S/C16H18ClN3O2/c1-11(12-6-4-7-13(17)10-12)20(3)16(22)18-14-8-5-9-19(2)15(14)21/h4-11H,1-3H3,(H,18,22). The Morgan fingerprint density at radius 1 is 1.32 bits per heavy atom. The molecule has 0 aliphatic carbocycles. The second-order valence-electron chi connectivity index (χ2n) is 5.11. The molecule has 2 amide bonds. The van der Waals surface area contributed by atoms with Crippen molar-refractivity contribution in [2.75, 3.05) is 12.4 Å². The average Bonchev–Trinajstić information content (AvgIpc) is 2.50. The van der Waals surface area contributed by atoms with E-state index >= 15 is 0 Å². The summed E-state index contributed by atoms with van der Waals surface area (Å²) in [6.45, 7) is 1.90. The van der Waals surface area contributed by atoms with Gasteiger partial charge in [0.2, 0.25) is 0 Å². The topological polar surface area (TPSA) is 54.3 Å². The molecule has 0 aliphatic rings. The number of nitrogens with zero attached hydrogens (tertiary/aromatic N) is 2. The lowest BCUT2D eigenvalue weighted by atomic mass is 10.1. The van der Waals surface area contributed by atoms with Gasteiger partial charge in [0.15, 0.2) is 0 Å². The number of pyridine rings is 1. The van der Waals surface area contributed by atoms with E-state index in [1.807, 2.05) is 25.1 Å². The van der Waals surface area contributed by atoms with Gasteiger partial charge in [0.05, 0.1) is 6.04 Å². The van der Waals surface area contributed by atoms with Crippen molar-refractivity contribution in [1.29, 1.82) is 0 Å². The highest BCUT2D eigenvalue weighted by Gasteiger charge is 2.18. The molecule has 0 fully saturated rings. The van der Waals surface area contributed by atoms with Crippen LogP contribution < -0.4 is 10.9 Å². The molecule has 6 heteroatoms. The number of hydrogen-bond acceptors (Lipinski definition) is 2. The number of anilines is 1. The Bertz CT molecular complexity index is 742. The van der Waals surface area contributed by atoms with Crippen molar-refractivity contribution >= 4 is 23.3 Å². The summed E-state index contributed by atoms with van der Waals surface area (Å²) in [5, 5.41) is 3.26. The molecule has 0 saturated heterocycles. The molecule has 0 saturated carbocycles. The highest BCUT2D eigenvalue weighted by atomic mass is 35.5. The Morgan fingerprint density at radius 2 is 2.05 bits per heavy atom. The van der Waals surface area contributed by atoms with E-state index in [0.717, 1.165) is 5.56 Å². The van der Waals surface area contributed by atoms with Crippen LogP contribution in [0.5, 0.6) is 0 Å². The zero-order valence-electron chi connectivity index (χ0n) is 12.7. The second-order valence-corrected chi connectivity index (χ2v) is 5.55. The molecule has 0 bridgehead atoms. The van der Waals surface area contributed by atoms with Crippen LogP contribution in [0.2, 0.25) is 5.02 Å². The monoisotopic (exact) mass is 319 g/mol. The van der Waals surface area contributed by atoms with Gasteiger partial charge in [0, 0.05) is 25.3 Å².